The van der Waals surface area contributed by atoms with Crippen LogP contribution >= 0.6 is 0 Å². The fourth-order valence-corrected chi connectivity index (χ4v) is 1.87. The summed E-state index contributed by atoms with van der Waals surface area (Å²) in [5.74, 6) is 0.181. The van der Waals surface area contributed by atoms with Crippen molar-refractivity contribution in [2.24, 2.45) is 0 Å². The molecule has 0 saturated heterocycles. The van der Waals surface area contributed by atoms with Gasteiger partial charge in [0, 0.05) is 12.1 Å². The Morgan fingerprint density at radius 2 is 2.11 bits per heavy atom. The quantitative estimate of drug-likeness (QED) is 0.871. The molecule has 4 nitrogen and oxygen atoms in total. The van der Waals surface area contributed by atoms with Crippen molar-refractivity contribution in [3.05, 3.63) is 23.3 Å². The van der Waals surface area contributed by atoms with Crippen LogP contribution in [0.15, 0.2) is 12.1 Å². The van der Waals surface area contributed by atoms with E-state index >= 15 is 0 Å². The van der Waals surface area contributed by atoms with Crippen LogP contribution < -0.4 is 14.8 Å². The summed E-state index contributed by atoms with van der Waals surface area (Å²) < 4.78 is 48.7. The molecular weight excluding hydrogens is 251 g/mol. The van der Waals surface area contributed by atoms with Crippen LogP contribution in [0.25, 0.3) is 0 Å². The molecule has 0 spiro atoms. The highest BCUT2D eigenvalue weighted by Gasteiger charge is 2.38. The molecule has 1 heterocycles. The summed E-state index contributed by atoms with van der Waals surface area (Å²) in [5, 5.41) is 12.5. The van der Waals surface area contributed by atoms with E-state index in [0.717, 1.165) is 6.07 Å². The molecule has 100 valence electrons. The molecule has 2 rings (SSSR count). The predicted molar refractivity (Wildman–Crippen MR) is 56.5 cm³/mol. The average molecular weight is 263 g/mol. The highest BCUT2D eigenvalue weighted by Crippen LogP contribution is 2.45. The van der Waals surface area contributed by atoms with E-state index in [-0.39, 0.29) is 30.4 Å². The number of hydrogen-bond acceptors (Lipinski definition) is 4. The molecule has 0 saturated carbocycles. The largest absolute Gasteiger partial charge is 0.454 e. The number of hydrogen-bond donors (Lipinski definition) is 2. The molecule has 1 aliphatic heterocycles. The molecule has 0 fully saturated rings. The third-order valence-corrected chi connectivity index (χ3v) is 2.61. The minimum Gasteiger partial charge on any atom is -0.454 e. The number of halogens is 3. The number of aliphatic hydroxyl groups is 1. The van der Waals surface area contributed by atoms with Crippen LogP contribution in [0, 0.1) is 0 Å². The van der Waals surface area contributed by atoms with Gasteiger partial charge in [0.05, 0.1) is 11.7 Å². The molecule has 0 amide bonds. The Kier molecular flexibility index (Phi) is 3.36. The van der Waals surface area contributed by atoms with E-state index in [1.807, 2.05) is 0 Å². The molecule has 1 unspecified atom stereocenters. The fourth-order valence-electron chi connectivity index (χ4n) is 1.87. The summed E-state index contributed by atoms with van der Waals surface area (Å²) in [5.41, 5.74) is -1.19. The Hall–Kier alpha value is -1.47. The van der Waals surface area contributed by atoms with Crippen molar-refractivity contribution in [1.82, 2.24) is 5.32 Å². The molecule has 0 radical (unpaired) electrons. The maximum atomic E-state index is 12.9. The van der Waals surface area contributed by atoms with E-state index in [9.17, 15) is 18.3 Å². The van der Waals surface area contributed by atoms with Crippen LogP contribution in [0.4, 0.5) is 13.2 Å². The van der Waals surface area contributed by atoms with Gasteiger partial charge in [-0.3, -0.25) is 0 Å². The van der Waals surface area contributed by atoms with Gasteiger partial charge >= 0.3 is 6.18 Å². The number of aliphatic hydroxyl groups excluding tert-OH is 1. The number of fused-ring (bicyclic) bond motifs is 1. The third-order valence-electron chi connectivity index (χ3n) is 2.61. The van der Waals surface area contributed by atoms with Crippen LogP contribution in [0.1, 0.15) is 17.2 Å². The van der Waals surface area contributed by atoms with Gasteiger partial charge < -0.3 is 19.9 Å². The molecule has 1 aromatic carbocycles. The molecule has 18 heavy (non-hydrogen) atoms. The molecule has 1 aliphatic rings. The van der Waals surface area contributed by atoms with Crippen molar-refractivity contribution in [3.8, 4) is 11.5 Å². The molecular formula is C11H12F3NO3. The highest BCUT2D eigenvalue weighted by molar-refractivity contribution is 5.54. The molecule has 1 aromatic rings. The van der Waals surface area contributed by atoms with Gasteiger partial charge in [-0.25, -0.2) is 0 Å². The number of nitrogens with one attached hydrogen (secondary N) is 1. The number of alkyl halides is 3. The summed E-state index contributed by atoms with van der Waals surface area (Å²) in [6.07, 6.45) is -5.87. The van der Waals surface area contributed by atoms with E-state index in [1.54, 1.807) is 0 Å². The Bertz CT molecular complexity index is 448. The molecule has 0 aromatic heterocycles. The fraction of sp³-hybridized carbons (Fsp3) is 0.455. The second-order valence-electron chi connectivity index (χ2n) is 3.83. The standard InChI is InChI=1S/C11H12F3NO3/c1-15-4-7(16)9-6(11(12,13)14)2-3-8-10(9)18-5-17-8/h2-3,7,15-16H,4-5H2,1H3. The van der Waals surface area contributed by atoms with E-state index in [4.69, 9.17) is 9.47 Å². The summed E-state index contributed by atoms with van der Waals surface area (Å²) in [6.45, 7) is -0.154. The van der Waals surface area contributed by atoms with Crippen LogP contribution in [0.5, 0.6) is 11.5 Å². The number of rotatable bonds is 3. The normalized spacial score (nSPS) is 15.8. The van der Waals surface area contributed by atoms with Gasteiger partial charge in [0.2, 0.25) is 6.79 Å². The van der Waals surface area contributed by atoms with Crippen LogP contribution in [0.2, 0.25) is 0 Å². The predicted octanol–water partition coefficient (Wildman–Crippen LogP) is 1.69. The smallest absolute Gasteiger partial charge is 0.416 e. The maximum absolute atomic E-state index is 12.9. The van der Waals surface area contributed by atoms with Crippen molar-refractivity contribution in [2.45, 2.75) is 12.3 Å². The van der Waals surface area contributed by atoms with Gasteiger partial charge in [-0.2, -0.15) is 13.2 Å². The van der Waals surface area contributed by atoms with Crippen molar-refractivity contribution in [2.75, 3.05) is 20.4 Å². The first-order valence-corrected chi connectivity index (χ1v) is 5.27. The number of benzene rings is 1. The van der Waals surface area contributed by atoms with E-state index in [1.165, 1.54) is 13.1 Å². The van der Waals surface area contributed by atoms with Crippen LogP contribution in [-0.2, 0) is 6.18 Å². The third kappa shape index (κ3) is 2.23. The first-order chi connectivity index (χ1) is 8.45. The lowest BCUT2D eigenvalue weighted by atomic mass is 10.00. The van der Waals surface area contributed by atoms with Gasteiger partial charge in [0.1, 0.15) is 0 Å². The summed E-state index contributed by atoms with van der Waals surface area (Å²) in [6, 6.07) is 2.09. The monoisotopic (exact) mass is 263 g/mol. The van der Waals surface area contributed by atoms with E-state index in [0.29, 0.717) is 0 Å². The average Bonchev–Trinajstić information content (AvgIpc) is 2.74. The summed E-state index contributed by atoms with van der Waals surface area (Å²) in [4.78, 5) is 0. The first-order valence-electron chi connectivity index (χ1n) is 5.27. The summed E-state index contributed by atoms with van der Waals surface area (Å²) >= 11 is 0. The molecule has 0 bridgehead atoms. The van der Waals surface area contributed by atoms with Crippen molar-refractivity contribution >= 4 is 0 Å². The lowest BCUT2D eigenvalue weighted by molar-refractivity contribution is -0.139. The zero-order valence-corrected chi connectivity index (χ0v) is 9.54. The second kappa shape index (κ2) is 4.66. The topological polar surface area (TPSA) is 50.7 Å². The van der Waals surface area contributed by atoms with Gasteiger partial charge in [-0.05, 0) is 19.2 Å². The van der Waals surface area contributed by atoms with Crippen molar-refractivity contribution < 1.29 is 27.8 Å². The molecule has 0 aliphatic carbocycles. The minimum atomic E-state index is -4.55. The molecule has 2 N–H and O–H groups in total. The van der Waals surface area contributed by atoms with Crippen LogP contribution in [0.3, 0.4) is 0 Å². The van der Waals surface area contributed by atoms with Gasteiger partial charge in [-0.15, -0.1) is 0 Å². The number of likely N-dealkylation sites (N-methyl/N-ethyl adjacent to an activating group) is 1. The maximum Gasteiger partial charge on any atom is 0.416 e. The molecule has 1 atom stereocenters. The first kappa shape index (κ1) is 13.0. The van der Waals surface area contributed by atoms with E-state index in [2.05, 4.69) is 5.32 Å². The SMILES string of the molecule is CNCC(O)c1c(C(F)(F)F)ccc2c1OCO2. The Morgan fingerprint density at radius 3 is 2.72 bits per heavy atom. The number of ether oxygens (including phenoxy) is 2. The van der Waals surface area contributed by atoms with Crippen LogP contribution in [-0.4, -0.2) is 25.5 Å². The Morgan fingerprint density at radius 1 is 1.39 bits per heavy atom. The lowest BCUT2D eigenvalue weighted by Crippen LogP contribution is -2.21. The zero-order valence-electron chi connectivity index (χ0n) is 9.54. The zero-order chi connectivity index (χ0) is 13.3. The molecule has 7 heteroatoms. The van der Waals surface area contributed by atoms with E-state index < -0.39 is 17.8 Å². The Labute approximate surface area is 101 Å². The van der Waals surface area contributed by atoms with Gasteiger partial charge in [-0.1, -0.05) is 0 Å². The van der Waals surface area contributed by atoms with Crippen molar-refractivity contribution in [3.63, 3.8) is 0 Å². The second-order valence-corrected chi connectivity index (χ2v) is 3.83. The minimum absolute atomic E-state index is 0.0110. The summed E-state index contributed by atoms with van der Waals surface area (Å²) in [7, 11) is 1.54. The lowest BCUT2D eigenvalue weighted by Gasteiger charge is -2.19. The van der Waals surface area contributed by atoms with Gasteiger partial charge in [0.25, 0.3) is 0 Å². The van der Waals surface area contributed by atoms with Gasteiger partial charge in [0.15, 0.2) is 11.5 Å². The Balaban J connectivity index is 2.54. The highest BCUT2D eigenvalue weighted by atomic mass is 19.4. The van der Waals surface area contributed by atoms with Crippen molar-refractivity contribution in [1.29, 1.82) is 0 Å².